The largest absolute Gasteiger partial charge is 0.486 e. The van der Waals surface area contributed by atoms with Crippen molar-refractivity contribution in [2.24, 2.45) is 5.92 Å². The van der Waals surface area contributed by atoms with Crippen molar-refractivity contribution in [3.8, 4) is 28.6 Å². The fourth-order valence-corrected chi connectivity index (χ4v) is 4.94. The Morgan fingerprint density at radius 1 is 1.06 bits per heavy atom. The third-order valence-corrected chi connectivity index (χ3v) is 6.91. The molecule has 184 valence electrons. The second-order valence-corrected chi connectivity index (χ2v) is 9.40. The van der Waals surface area contributed by atoms with E-state index in [1.54, 1.807) is 0 Å². The van der Waals surface area contributed by atoms with E-state index in [0.29, 0.717) is 37.5 Å². The van der Waals surface area contributed by atoms with Gasteiger partial charge in [0, 0.05) is 13.0 Å². The van der Waals surface area contributed by atoms with Crippen molar-refractivity contribution in [1.82, 2.24) is 10.2 Å². The van der Waals surface area contributed by atoms with Gasteiger partial charge in [0.25, 0.3) is 0 Å². The predicted molar refractivity (Wildman–Crippen MR) is 132 cm³/mol. The maximum atomic E-state index is 10.9. The number of carbonyl (C=O) groups excluding carboxylic acids is 1. The van der Waals surface area contributed by atoms with Gasteiger partial charge in [-0.25, -0.2) is 0 Å². The molecular formula is C28H32N2O5. The minimum absolute atomic E-state index is 0.180. The molecule has 7 nitrogen and oxygen atoms in total. The molecule has 2 heterocycles. The number of aromatic nitrogens is 2. The van der Waals surface area contributed by atoms with Crippen molar-refractivity contribution in [2.45, 2.75) is 51.0 Å². The fraction of sp³-hybridized carbons (Fsp3) is 0.429. The SMILES string of the molecule is CC(=O)OCCC1CCC(c2ccc(-c3cc(OCC4COc5ccccc5O4)n[nH]3)cc2)CC1. The number of H-pyrrole nitrogens is 1. The topological polar surface area (TPSA) is 82.7 Å². The normalized spacial score (nSPS) is 21.3. The maximum Gasteiger partial charge on any atom is 0.302 e. The summed E-state index contributed by atoms with van der Waals surface area (Å²) in [5.74, 6) is 3.12. The first-order valence-electron chi connectivity index (χ1n) is 12.4. The Kier molecular flexibility index (Phi) is 7.21. The summed E-state index contributed by atoms with van der Waals surface area (Å²) in [4.78, 5) is 10.9. The Balaban J connectivity index is 1.10. The lowest BCUT2D eigenvalue weighted by atomic mass is 9.77. The second-order valence-electron chi connectivity index (χ2n) is 9.40. The number of ether oxygens (including phenoxy) is 4. The molecule has 1 aromatic heterocycles. The first kappa shape index (κ1) is 23.3. The van der Waals surface area contributed by atoms with Crippen LogP contribution in [0.15, 0.2) is 54.6 Å². The van der Waals surface area contributed by atoms with Crippen LogP contribution in [0, 0.1) is 5.92 Å². The molecule has 0 saturated heterocycles. The molecule has 1 N–H and O–H groups in total. The highest BCUT2D eigenvalue weighted by Crippen LogP contribution is 2.37. The van der Waals surface area contributed by atoms with Gasteiger partial charge < -0.3 is 18.9 Å². The summed E-state index contributed by atoms with van der Waals surface area (Å²) in [5.41, 5.74) is 3.39. The van der Waals surface area contributed by atoms with Gasteiger partial charge in [-0.05, 0) is 67.2 Å². The Morgan fingerprint density at radius 2 is 1.83 bits per heavy atom. The first-order valence-corrected chi connectivity index (χ1v) is 12.4. The number of benzene rings is 2. The molecule has 1 saturated carbocycles. The minimum atomic E-state index is -0.186. The van der Waals surface area contributed by atoms with Crippen LogP contribution in [0.5, 0.6) is 17.4 Å². The first-order chi connectivity index (χ1) is 17.1. The van der Waals surface area contributed by atoms with E-state index < -0.39 is 0 Å². The van der Waals surface area contributed by atoms with Crippen LogP contribution < -0.4 is 14.2 Å². The van der Waals surface area contributed by atoms with Crippen molar-refractivity contribution < 1.29 is 23.7 Å². The third-order valence-electron chi connectivity index (χ3n) is 6.91. The van der Waals surface area contributed by atoms with Gasteiger partial charge in [-0.2, -0.15) is 0 Å². The lowest BCUT2D eigenvalue weighted by Gasteiger charge is -2.28. The second kappa shape index (κ2) is 10.8. The van der Waals surface area contributed by atoms with Crippen LogP contribution in [0.25, 0.3) is 11.3 Å². The summed E-state index contributed by atoms with van der Waals surface area (Å²) in [6, 6.07) is 18.3. The molecule has 1 unspecified atom stereocenters. The Hall–Kier alpha value is -3.48. The number of hydrogen-bond acceptors (Lipinski definition) is 6. The van der Waals surface area contributed by atoms with Crippen molar-refractivity contribution in [3.63, 3.8) is 0 Å². The van der Waals surface area contributed by atoms with Crippen LogP contribution >= 0.6 is 0 Å². The lowest BCUT2D eigenvalue weighted by molar-refractivity contribution is -0.141. The quantitative estimate of drug-likeness (QED) is 0.431. The fourth-order valence-electron chi connectivity index (χ4n) is 4.94. The van der Waals surface area contributed by atoms with Gasteiger partial charge in [-0.1, -0.05) is 36.4 Å². The van der Waals surface area contributed by atoms with Gasteiger partial charge in [0.2, 0.25) is 5.88 Å². The molecule has 1 aliphatic heterocycles. The van der Waals surface area contributed by atoms with Gasteiger partial charge in [-0.3, -0.25) is 9.89 Å². The van der Waals surface area contributed by atoms with Crippen LogP contribution in [-0.4, -0.2) is 42.1 Å². The number of rotatable bonds is 8. The molecule has 0 spiro atoms. The zero-order valence-electron chi connectivity index (χ0n) is 20.1. The number of aromatic amines is 1. The van der Waals surface area contributed by atoms with Crippen LogP contribution in [0.3, 0.4) is 0 Å². The number of esters is 1. The monoisotopic (exact) mass is 476 g/mol. The number of hydrogen-bond donors (Lipinski definition) is 1. The summed E-state index contributed by atoms with van der Waals surface area (Å²) >= 11 is 0. The van der Waals surface area contributed by atoms with Gasteiger partial charge in [-0.15, -0.1) is 5.10 Å². The number of fused-ring (bicyclic) bond motifs is 1. The molecule has 35 heavy (non-hydrogen) atoms. The number of nitrogens with zero attached hydrogens (tertiary/aromatic N) is 1. The van der Waals surface area contributed by atoms with E-state index in [1.807, 2.05) is 30.3 Å². The molecule has 0 bridgehead atoms. The molecular weight excluding hydrogens is 444 g/mol. The van der Waals surface area contributed by atoms with Crippen molar-refractivity contribution in [3.05, 3.63) is 60.2 Å². The molecule has 0 amide bonds. The van der Waals surface area contributed by atoms with Gasteiger partial charge >= 0.3 is 5.97 Å². The average Bonchev–Trinajstić information content (AvgIpc) is 3.37. The molecule has 1 aliphatic carbocycles. The van der Waals surface area contributed by atoms with Crippen LogP contribution in [0.1, 0.15) is 50.5 Å². The highest BCUT2D eigenvalue weighted by Gasteiger charge is 2.23. The van der Waals surface area contributed by atoms with Crippen molar-refractivity contribution in [2.75, 3.05) is 19.8 Å². The average molecular weight is 477 g/mol. The highest BCUT2D eigenvalue weighted by atomic mass is 16.6. The molecule has 3 aromatic rings. The zero-order valence-corrected chi connectivity index (χ0v) is 20.1. The van der Waals surface area contributed by atoms with Crippen molar-refractivity contribution >= 4 is 5.97 Å². The Morgan fingerprint density at radius 3 is 2.60 bits per heavy atom. The lowest BCUT2D eigenvalue weighted by Crippen LogP contribution is -2.34. The number of para-hydroxylation sites is 2. The van der Waals surface area contributed by atoms with Crippen LogP contribution in [-0.2, 0) is 9.53 Å². The van der Waals surface area contributed by atoms with Crippen molar-refractivity contribution in [1.29, 1.82) is 0 Å². The van der Waals surface area contributed by atoms with E-state index in [9.17, 15) is 4.79 Å². The van der Waals surface area contributed by atoms with Crippen LogP contribution in [0.2, 0.25) is 0 Å². The van der Waals surface area contributed by atoms with E-state index in [4.69, 9.17) is 18.9 Å². The third kappa shape index (κ3) is 5.96. The molecule has 7 heteroatoms. The zero-order chi connectivity index (χ0) is 24.0. The molecule has 1 fully saturated rings. The summed E-state index contributed by atoms with van der Waals surface area (Å²) < 4.78 is 22.6. The molecule has 5 rings (SSSR count). The van der Waals surface area contributed by atoms with Gasteiger partial charge in [0.15, 0.2) is 17.6 Å². The van der Waals surface area contributed by atoms with Gasteiger partial charge in [0.1, 0.15) is 13.2 Å². The molecule has 0 radical (unpaired) electrons. The summed E-state index contributed by atoms with van der Waals surface area (Å²) in [7, 11) is 0. The van der Waals surface area contributed by atoms with Crippen LogP contribution in [0.4, 0.5) is 0 Å². The highest BCUT2D eigenvalue weighted by molar-refractivity contribution is 5.65. The van der Waals surface area contributed by atoms with E-state index in [0.717, 1.165) is 29.2 Å². The predicted octanol–water partition coefficient (Wildman–Crippen LogP) is 5.52. The summed E-state index contributed by atoms with van der Waals surface area (Å²) in [6.07, 6.45) is 5.54. The van der Waals surface area contributed by atoms with Gasteiger partial charge in [0.05, 0.1) is 12.3 Å². The summed E-state index contributed by atoms with van der Waals surface area (Å²) in [6.45, 7) is 2.83. The number of carbonyl (C=O) groups is 1. The maximum absolute atomic E-state index is 10.9. The summed E-state index contributed by atoms with van der Waals surface area (Å²) in [5, 5.41) is 7.38. The number of nitrogens with one attached hydrogen (secondary N) is 1. The van der Waals surface area contributed by atoms with E-state index in [2.05, 4.69) is 34.5 Å². The smallest absolute Gasteiger partial charge is 0.302 e. The van der Waals surface area contributed by atoms with E-state index >= 15 is 0 Å². The molecule has 1 atom stereocenters. The van der Waals surface area contributed by atoms with E-state index in [-0.39, 0.29) is 12.1 Å². The Labute approximate surface area is 205 Å². The Bertz CT molecular complexity index is 1120. The van der Waals surface area contributed by atoms with E-state index in [1.165, 1.54) is 38.2 Å². The molecule has 2 aliphatic rings. The standard InChI is InChI=1S/C28H32N2O5/c1-19(31)32-15-14-20-6-8-21(9-7-20)22-10-12-23(13-11-22)25-16-28(30-29-25)34-18-24-17-33-26-4-2-3-5-27(26)35-24/h2-5,10-13,16,20-21,24H,6-9,14-15,17-18H2,1H3,(H,29,30). The minimum Gasteiger partial charge on any atom is -0.486 e. The molecule has 2 aromatic carbocycles.